The van der Waals surface area contributed by atoms with E-state index < -0.39 is 20.0 Å². The van der Waals surface area contributed by atoms with Gasteiger partial charge >= 0.3 is 0 Å². The SMILES string of the molecule is Cc1ccc(/C=C/S(=O)(=O)NCCS(=O)(=O)N2CCOCC2)cc1. The van der Waals surface area contributed by atoms with E-state index in [1.165, 1.54) is 10.4 Å². The largest absolute Gasteiger partial charge is 0.379 e. The fourth-order valence-corrected chi connectivity index (χ4v) is 4.43. The van der Waals surface area contributed by atoms with Gasteiger partial charge in [0.15, 0.2) is 0 Å². The summed E-state index contributed by atoms with van der Waals surface area (Å²) in [5, 5.41) is 1.04. The number of nitrogens with one attached hydrogen (secondary N) is 1. The van der Waals surface area contributed by atoms with Crippen molar-refractivity contribution in [3.63, 3.8) is 0 Å². The van der Waals surface area contributed by atoms with Crippen molar-refractivity contribution in [1.29, 1.82) is 0 Å². The van der Waals surface area contributed by atoms with Crippen LogP contribution >= 0.6 is 0 Å². The lowest BCUT2D eigenvalue weighted by Gasteiger charge is -2.25. The highest BCUT2D eigenvalue weighted by atomic mass is 32.2. The standard InChI is InChI=1S/C15H22N2O5S2/c1-14-2-4-15(5-3-14)6-12-23(18,19)16-7-13-24(20,21)17-8-10-22-11-9-17/h2-6,12,16H,7-11,13H2,1H3/b12-6+. The first-order valence-corrected chi connectivity index (χ1v) is 10.7. The molecule has 0 saturated carbocycles. The van der Waals surface area contributed by atoms with E-state index in [0.717, 1.165) is 16.5 Å². The molecular formula is C15H22N2O5S2. The molecule has 1 saturated heterocycles. The molecule has 134 valence electrons. The van der Waals surface area contributed by atoms with E-state index in [0.29, 0.717) is 26.3 Å². The predicted octanol–water partition coefficient (Wildman–Crippen LogP) is 0.547. The molecule has 0 spiro atoms. The molecule has 0 aliphatic carbocycles. The lowest BCUT2D eigenvalue weighted by molar-refractivity contribution is 0.0730. The van der Waals surface area contributed by atoms with Gasteiger partial charge in [-0.2, -0.15) is 4.31 Å². The number of aryl methyl sites for hydroxylation is 1. The number of nitrogens with zero attached hydrogens (tertiary/aromatic N) is 1. The summed E-state index contributed by atoms with van der Waals surface area (Å²) in [4.78, 5) is 0. The van der Waals surface area contributed by atoms with Crippen molar-refractivity contribution >= 4 is 26.1 Å². The van der Waals surface area contributed by atoms with E-state index in [1.54, 1.807) is 0 Å². The molecule has 0 atom stereocenters. The van der Waals surface area contributed by atoms with Crippen LogP contribution in [0.3, 0.4) is 0 Å². The van der Waals surface area contributed by atoms with Gasteiger partial charge in [0.2, 0.25) is 20.0 Å². The van der Waals surface area contributed by atoms with Crippen LogP contribution < -0.4 is 4.72 Å². The molecule has 1 fully saturated rings. The molecule has 1 aliphatic rings. The van der Waals surface area contributed by atoms with E-state index >= 15 is 0 Å². The fraction of sp³-hybridized carbons (Fsp3) is 0.467. The summed E-state index contributed by atoms with van der Waals surface area (Å²) in [5.41, 5.74) is 1.84. The number of morpholine rings is 1. The van der Waals surface area contributed by atoms with Gasteiger partial charge in [-0.15, -0.1) is 0 Å². The number of hydrogen-bond donors (Lipinski definition) is 1. The second-order valence-electron chi connectivity index (χ2n) is 5.48. The average molecular weight is 374 g/mol. The Morgan fingerprint density at radius 3 is 2.38 bits per heavy atom. The fourth-order valence-electron chi connectivity index (χ4n) is 2.16. The van der Waals surface area contributed by atoms with Crippen LogP contribution in [0.2, 0.25) is 0 Å². The van der Waals surface area contributed by atoms with Crippen LogP contribution in [0.1, 0.15) is 11.1 Å². The summed E-state index contributed by atoms with van der Waals surface area (Å²) in [7, 11) is -7.16. The van der Waals surface area contributed by atoms with Crippen molar-refractivity contribution in [3.05, 3.63) is 40.8 Å². The molecule has 1 aromatic rings. The van der Waals surface area contributed by atoms with Crippen LogP contribution in [0.4, 0.5) is 0 Å². The number of sulfonamides is 2. The van der Waals surface area contributed by atoms with Crippen LogP contribution in [0.5, 0.6) is 0 Å². The van der Waals surface area contributed by atoms with Crippen molar-refractivity contribution in [2.45, 2.75) is 6.92 Å². The highest BCUT2D eigenvalue weighted by Crippen LogP contribution is 2.07. The second kappa shape index (κ2) is 8.21. The van der Waals surface area contributed by atoms with Crippen molar-refractivity contribution < 1.29 is 21.6 Å². The zero-order valence-electron chi connectivity index (χ0n) is 13.5. The lowest BCUT2D eigenvalue weighted by atomic mass is 10.2. The Balaban J connectivity index is 1.87. The Morgan fingerprint density at radius 1 is 1.12 bits per heavy atom. The Morgan fingerprint density at radius 2 is 1.75 bits per heavy atom. The van der Waals surface area contributed by atoms with Gasteiger partial charge in [-0.05, 0) is 18.6 Å². The highest BCUT2D eigenvalue weighted by molar-refractivity contribution is 7.92. The molecule has 0 amide bonds. The van der Waals surface area contributed by atoms with Crippen LogP contribution in [-0.2, 0) is 24.8 Å². The maximum Gasteiger partial charge on any atom is 0.233 e. The van der Waals surface area contributed by atoms with Gasteiger partial charge in [0, 0.05) is 25.0 Å². The molecular weight excluding hydrogens is 352 g/mol. The Hall–Kier alpha value is -1.26. The smallest absolute Gasteiger partial charge is 0.233 e. The minimum Gasteiger partial charge on any atom is -0.379 e. The first-order chi connectivity index (χ1) is 11.3. The Kier molecular flexibility index (Phi) is 6.53. The van der Waals surface area contributed by atoms with Crippen LogP contribution in [-0.4, -0.2) is 59.7 Å². The van der Waals surface area contributed by atoms with E-state index in [4.69, 9.17) is 4.74 Å². The van der Waals surface area contributed by atoms with E-state index in [2.05, 4.69) is 4.72 Å². The van der Waals surface area contributed by atoms with Crippen molar-refractivity contribution in [3.8, 4) is 0 Å². The Labute approximate surface area is 143 Å². The molecule has 9 heteroatoms. The van der Waals surface area contributed by atoms with Crippen molar-refractivity contribution in [2.24, 2.45) is 0 Å². The maximum absolute atomic E-state index is 12.1. The summed E-state index contributed by atoms with van der Waals surface area (Å²) in [6, 6.07) is 7.39. The van der Waals surface area contributed by atoms with E-state index in [9.17, 15) is 16.8 Å². The first kappa shape index (κ1) is 19.1. The topological polar surface area (TPSA) is 92.8 Å². The van der Waals surface area contributed by atoms with Gasteiger partial charge in [-0.1, -0.05) is 29.8 Å². The molecule has 1 aliphatic heterocycles. The summed E-state index contributed by atoms with van der Waals surface area (Å²) >= 11 is 0. The molecule has 0 bridgehead atoms. The Bertz CT molecular complexity index is 765. The maximum atomic E-state index is 12.1. The number of ether oxygens (including phenoxy) is 1. The first-order valence-electron chi connectivity index (χ1n) is 7.58. The quantitative estimate of drug-likeness (QED) is 0.752. The lowest BCUT2D eigenvalue weighted by Crippen LogP contribution is -2.43. The molecule has 7 nitrogen and oxygen atoms in total. The third-order valence-electron chi connectivity index (χ3n) is 3.54. The number of benzene rings is 1. The van der Waals surface area contributed by atoms with Gasteiger partial charge in [0.05, 0.1) is 19.0 Å². The number of hydrogen-bond acceptors (Lipinski definition) is 5. The number of rotatable bonds is 7. The van der Waals surface area contributed by atoms with Crippen LogP contribution in [0.15, 0.2) is 29.7 Å². The van der Waals surface area contributed by atoms with Crippen molar-refractivity contribution in [2.75, 3.05) is 38.6 Å². The van der Waals surface area contributed by atoms with E-state index in [1.807, 2.05) is 31.2 Å². The zero-order valence-corrected chi connectivity index (χ0v) is 15.1. The van der Waals surface area contributed by atoms with Gasteiger partial charge in [0.25, 0.3) is 0 Å². The van der Waals surface area contributed by atoms with Gasteiger partial charge in [0.1, 0.15) is 0 Å². The third kappa shape index (κ3) is 5.99. The van der Waals surface area contributed by atoms with Crippen molar-refractivity contribution in [1.82, 2.24) is 9.03 Å². The molecule has 1 heterocycles. The van der Waals surface area contributed by atoms with Gasteiger partial charge in [-0.25, -0.2) is 21.6 Å². The zero-order chi connectivity index (χ0) is 17.6. The highest BCUT2D eigenvalue weighted by Gasteiger charge is 2.24. The summed E-state index contributed by atoms with van der Waals surface area (Å²) in [6.07, 6.45) is 1.47. The molecule has 24 heavy (non-hydrogen) atoms. The minimum absolute atomic E-state index is 0.166. The normalized spacial score (nSPS) is 17.4. The molecule has 1 N–H and O–H groups in total. The molecule has 0 radical (unpaired) electrons. The summed E-state index contributed by atoms with van der Waals surface area (Å²) < 4.78 is 56.7. The van der Waals surface area contributed by atoms with Gasteiger partial charge < -0.3 is 4.74 Å². The summed E-state index contributed by atoms with van der Waals surface area (Å²) in [5.74, 6) is -0.273. The average Bonchev–Trinajstić information content (AvgIpc) is 2.55. The monoisotopic (exact) mass is 374 g/mol. The minimum atomic E-state index is -3.68. The molecule has 2 rings (SSSR count). The third-order valence-corrected chi connectivity index (χ3v) is 6.52. The van der Waals surface area contributed by atoms with Crippen LogP contribution in [0.25, 0.3) is 6.08 Å². The molecule has 0 aromatic heterocycles. The van der Waals surface area contributed by atoms with E-state index in [-0.39, 0.29) is 12.3 Å². The van der Waals surface area contributed by atoms with Gasteiger partial charge in [-0.3, -0.25) is 0 Å². The summed E-state index contributed by atoms with van der Waals surface area (Å²) in [6.45, 7) is 3.13. The van der Waals surface area contributed by atoms with Crippen LogP contribution in [0, 0.1) is 6.92 Å². The molecule has 0 unspecified atom stereocenters. The second-order valence-corrected chi connectivity index (χ2v) is 9.22. The predicted molar refractivity (Wildman–Crippen MR) is 93.3 cm³/mol. The molecule has 1 aromatic carbocycles.